The highest BCUT2D eigenvalue weighted by atomic mass is 16.6. The maximum absolute atomic E-state index is 11.9. The second-order valence-electron chi connectivity index (χ2n) is 7.72. The van der Waals surface area contributed by atoms with Gasteiger partial charge in [0.05, 0.1) is 0 Å². The van der Waals surface area contributed by atoms with Crippen molar-refractivity contribution in [3.05, 3.63) is 0 Å². The smallest absolute Gasteiger partial charge is 0.407 e. The molecule has 2 unspecified atom stereocenters. The second-order valence-corrected chi connectivity index (χ2v) is 7.72. The van der Waals surface area contributed by atoms with Crippen molar-refractivity contribution in [1.82, 2.24) is 10.6 Å². The molecule has 2 aliphatic carbocycles. The van der Waals surface area contributed by atoms with Crippen LogP contribution in [0.2, 0.25) is 0 Å². The van der Waals surface area contributed by atoms with Crippen LogP contribution in [0.3, 0.4) is 0 Å². The average Bonchev–Trinajstić information content (AvgIpc) is 2.73. The van der Waals surface area contributed by atoms with E-state index >= 15 is 0 Å². The molecule has 2 aliphatic rings. The standard InChI is InChI=1S/C18H28N2O3/c1-5-7-14(21)20-15-13(8-11-18(15)9-6-10-18)12-19-16(22)23-17(2,3)4/h13,15H,6,8-12H2,1-4H3,(H,19,22)(H,20,21). The summed E-state index contributed by atoms with van der Waals surface area (Å²) in [5.41, 5.74) is -0.287. The van der Waals surface area contributed by atoms with E-state index in [9.17, 15) is 9.59 Å². The van der Waals surface area contributed by atoms with Crippen LogP contribution in [0.5, 0.6) is 0 Å². The fourth-order valence-electron chi connectivity index (χ4n) is 3.80. The maximum atomic E-state index is 11.9. The molecule has 2 N–H and O–H groups in total. The SMILES string of the molecule is CC#CC(=O)NC1C(CNC(=O)OC(C)(C)C)CCC12CCC2. The van der Waals surface area contributed by atoms with E-state index in [0.29, 0.717) is 6.54 Å². The van der Waals surface area contributed by atoms with Crippen LogP contribution in [0, 0.1) is 23.2 Å². The molecule has 5 heteroatoms. The van der Waals surface area contributed by atoms with E-state index in [1.807, 2.05) is 20.8 Å². The quantitative estimate of drug-likeness (QED) is 0.786. The first kappa shape index (κ1) is 17.7. The molecule has 2 rings (SSSR count). The van der Waals surface area contributed by atoms with Crippen molar-refractivity contribution < 1.29 is 14.3 Å². The number of rotatable bonds is 3. The van der Waals surface area contributed by atoms with Gasteiger partial charge in [-0.05, 0) is 70.6 Å². The van der Waals surface area contributed by atoms with Gasteiger partial charge in [-0.3, -0.25) is 4.79 Å². The Kier molecular flexibility index (Phi) is 5.23. The minimum Gasteiger partial charge on any atom is -0.444 e. The zero-order valence-corrected chi connectivity index (χ0v) is 14.6. The summed E-state index contributed by atoms with van der Waals surface area (Å²) < 4.78 is 5.28. The molecule has 0 radical (unpaired) electrons. The summed E-state index contributed by atoms with van der Waals surface area (Å²) in [5.74, 6) is 5.23. The fraction of sp³-hybridized carbons (Fsp3) is 0.778. The first-order valence-electron chi connectivity index (χ1n) is 8.46. The van der Waals surface area contributed by atoms with E-state index in [-0.39, 0.29) is 23.3 Å². The van der Waals surface area contributed by atoms with Gasteiger partial charge in [-0.15, -0.1) is 0 Å². The molecule has 5 nitrogen and oxygen atoms in total. The van der Waals surface area contributed by atoms with Gasteiger partial charge in [0.25, 0.3) is 5.91 Å². The van der Waals surface area contributed by atoms with Gasteiger partial charge < -0.3 is 15.4 Å². The molecule has 0 saturated heterocycles. The van der Waals surface area contributed by atoms with Gasteiger partial charge >= 0.3 is 6.09 Å². The normalized spacial score (nSPS) is 25.0. The van der Waals surface area contributed by atoms with E-state index in [0.717, 1.165) is 25.7 Å². The van der Waals surface area contributed by atoms with Crippen LogP contribution in [0.15, 0.2) is 0 Å². The van der Waals surface area contributed by atoms with Crippen LogP contribution >= 0.6 is 0 Å². The molecule has 0 heterocycles. The number of carbonyl (C=O) groups is 2. The van der Waals surface area contributed by atoms with Gasteiger partial charge in [-0.2, -0.15) is 0 Å². The summed E-state index contributed by atoms with van der Waals surface area (Å²) in [4.78, 5) is 23.8. The summed E-state index contributed by atoms with van der Waals surface area (Å²) >= 11 is 0. The highest BCUT2D eigenvalue weighted by Crippen LogP contribution is 2.55. The Balaban J connectivity index is 1.95. The third kappa shape index (κ3) is 4.40. The van der Waals surface area contributed by atoms with Gasteiger partial charge in [0, 0.05) is 12.6 Å². The van der Waals surface area contributed by atoms with Crippen LogP contribution in [0.25, 0.3) is 0 Å². The number of carbonyl (C=O) groups excluding carboxylic acids is 2. The van der Waals surface area contributed by atoms with Crippen molar-refractivity contribution in [1.29, 1.82) is 0 Å². The van der Waals surface area contributed by atoms with Gasteiger partial charge in [0.15, 0.2) is 0 Å². The van der Waals surface area contributed by atoms with Crippen molar-refractivity contribution in [3.8, 4) is 11.8 Å². The van der Waals surface area contributed by atoms with Crippen molar-refractivity contribution in [2.24, 2.45) is 11.3 Å². The molecule has 2 fully saturated rings. The zero-order valence-electron chi connectivity index (χ0n) is 14.6. The van der Waals surface area contributed by atoms with Crippen LogP contribution in [0.4, 0.5) is 4.79 Å². The molecule has 0 aromatic heterocycles. The molecule has 23 heavy (non-hydrogen) atoms. The molecule has 2 atom stereocenters. The van der Waals surface area contributed by atoms with E-state index < -0.39 is 11.7 Å². The lowest BCUT2D eigenvalue weighted by molar-refractivity contribution is -0.118. The Labute approximate surface area is 138 Å². The van der Waals surface area contributed by atoms with Crippen LogP contribution < -0.4 is 10.6 Å². The van der Waals surface area contributed by atoms with E-state index in [1.54, 1.807) is 6.92 Å². The van der Waals surface area contributed by atoms with Gasteiger partial charge in [-0.25, -0.2) is 4.79 Å². The minimum absolute atomic E-state index is 0.0968. The van der Waals surface area contributed by atoms with Gasteiger partial charge in [0.1, 0.15) is 5.60 Å². The third-order valence-corrected chi connectivity index (χ3v) is 4.93. The molecule has 0 aromatic rings. The topological polar surface area (TPSA) is 67.4 Å². The minimum atomic E-state index is -0.501. The monoisotopic (exact) mass is 320 g/mol. The Morgan fingerprint density at radius 3 is 2.48 bits per heavy atom. The van der Waals surface area contributed by atoms with Crippen molar-refractivity contribution in [2.75, 3.05) is 6.54 Å². The number of alkyl carbamates (subject to hydrolysis) is 1. The van der Waals surface area contributed by atoms with Gasteiger partial charge in [0.2, 0.25) is 0 Å². The van der Waals surface area contributed by atoms with E-state index in [2.05, 4.69) is 22.5 Å². The summed E-state index contributed by atoms with van der Waals surface area (Å²) in [7, 11) is 0. The maximum Gasteiger partial charge on any atom is 0.407 e. The second kappa shape index (κ2) is 6.82. The third-order valence-electron chi connectivity index (χ3n) is 4.93. The summed E-state index contributed by atoms with van der Waals surface area (Å²) in [5, 5.41) is 5.94. The van der Waals surface area contributed by atoms with Crippen molar-refractivity contribution in [2.45, 2.75) is 71.4 Å². The van der Waals surface area contributed by atoms with Gasteiger partial charge in [-0.1, -0.05) is 12.3 Å². The average molecular weight is 320 g/mol. The summed E-state index contributed by atoms with van der Waals surface area (Å²) in [6, 6.07) is 0.0968. The first-order chi connectivity index (χ1) is 10.8. The lowest BCUT2D eigenvalue weighted by atomic mass is 9.64. The molecule has 128 valence electrons. The Morgan fingerprint density at radius 2 is 1.96 bits per heavy atom. The predicted molar refractivity (Wildman–Crippen MR) is 88.6 cm³/mol. The molecule has 0 aliphatic heterocycles. The largest absolute Gasteiger partial charge is 0.444 e. The molecular weight excluding hydrogens is 292 g/mol. The Bertz CT molecular complexity index is 521. The molecular formula is C18H28N2O3. The highest BCUT2D eigenvalue weighted by Gasteiger charge is 2.52. The van der Waals surface area contributed by atoms with Crippen LogP contribution in [-0.2, 0) is 9.53 Å². The fourth-order valence-corrected chi connectivity index (χ4v) is 3.80. The first-order valence-corrected chi connectivity index (χ1v) is 8.46. The van der Waals surface area contributed by atoms with Crippen LogP contribution in [-0.4, -0.2) is 30.2 Å². The number of hydrogen-bond donors (Lipinski definition) is 2. The molecule has 0 aromatic carbocycles. The molecule has 2 amide bonds. The Morgan fingerprint density at radius 1 is 1.26 bits per heavy atom. The van der Waals surface area contributed by atoms with Crippen molar-refractivity contribution in [3.63, 3.8) is 0 Å². The van der Waals surface area contributed by atoms with E-state index in [1.165, 1.54) is 6.42 Å². The number of hydrogen-bond acceptors (Lipinski definition) is 3. The molecule has 0 bridgehead atoms. The molecule has 1 spiro atoms. The number of amides is 2. The zero-order chi connectivity index (χ0) is 17.1. The van der Waals surface area contributed by atoms with Crippen molar-refractivity contribution >= 4 is 12.0 Å². The molecule has 2 saturated carbocycles. The highest BCUT2D eigenvalue weighted by molar-refractivity contribution is 5.93. The van der Waals surface area contributed by atoms with E-state index in [4.69, 9.17) is 4.74 Å². The number of nitrogens with one attached hydrogen (secondary N) is 2. The van der Waals surface area contributed by atoms with Crippen LogP contribution in [0.1, 0.15) is 59.8 Å². The Hall–Kier alpha value is -1.70. The lowest BCUT2D eigenvalue weighted by Crippen LogP contribution is -2.52. The summed E-state index contributed by atoms with van der Waals surface area (Å²) in [6.45, 7) is 7.73. The predicted octanol–water partition coefficient (Wildman–Crippen LogP) is 2.60. The summed E-state index contributed by atoms with van der Waals surface area (Å²) in [6.07, 6.45) is 5.25. The number of ether oxygens (including phenoxy) is 1. The lowest BCUT2D eigenvalue weighted by Gasteiger charge is -2.45.